The molecule has 4 heteroatoms. The minimum absolute atomic E-state index is 0.0806. The maximum absolute atomic E-state index is 12.1. The highest BCUT2D eigenvalue weighted by Crippen LogP contribution is 2.32. The number of para-hydroxylation sites is 2. The van der Waals surface area contributed by atoms with E-state index >= 15 is 0 Å². The fraction of sp³-hybridized carbons (Fsp3) is 0.278. The van der Waals surface area contributed by atoms with Gasteiger partial charge in [-0.3, -0.25) is 4.79 Å². The number of hydrogen-bond acceptors (Lipinski definition) is 3. The second-order valence-electron chi connectivity index (χ2n) is 5.39. The first kappa shape index (κ1) is 14.4. The normalized spacial score (nSPS) is 14.0. The predicted molar refractivity (Wildman–Crippen MR) is 85.5 cm³/mol. The minimum Gasteiger partial charge on any atom is -0.497 e. The summed E-state index contributed by atoms with van der Waals surface area (Å²) >= 11 is 0. The Hall–Kier alpha value is -2.49. The summed E-state index contributed by atoms with van der Waals surface area (Å²) in [5.41, 5.74) is 0.704. The Bertz CT molecular complexity index is 648. The van der Waals surface area contributed by atoms with E-state index in [9.17, 15) is 4.79 Å². The van der Waals surface area contributed by atoms with Gasteiger partial charge in [0.1, 0.15) is 11.5 Å². The van der Waals surface area contributed by atoms with Crippen LogP contribution in [0.4, 0.5) is 5.69 Å². The molecular weight excluding hydrogens is 278 g/mol. The van der Waals surface area contributed by atoms with Gasteiger partial charge in [-0.1, -0.05) is 18.6 Å². The summed E-state index contributed by atoms with van der Waals surface area (Å²) in [7, 11) is 1.63. The molecule has 0 spiro atoms. The van der Waals surface area contributed by atoms with E-state index in [1.54, 1.807) is 7.11 Å². The van der Waals surface area contributed by atoms with Crippen LogP contribution in [0.3, 0.4) is 0 Å². The zero-order valence-electron chi connectivity index (χ0n) is 12.5. The van der Waals surface area contributed by atoms with E-state index in [-0.39, 0.29) is 11.8 Å². The second-order valence-corrected chi connectivity index (χ2v) is 5.39. The van der Waals surface area contributed by atoms with E-state index in [1.165, 1.54) is 0 Å². The second kappa shape index (κ2) is 6.52. The molecule has 0 unspecified atom stereocenters. The first-order chi connectivity index (χ1) is 10.8. The monoisotopic (exact) mass is 297 g/mol. The van der Waals surface area contributed by atoms with Crippen LogP contribution in [0.1, 0.15) is 19.3 Å². The van der Waals surface area contributed by atoms with Gasteiger partial charge >= 0.3 is 0 Å². The number of anilines is 1. The van der Waals surface area contributed by atoms with Crippen LogP contribution in [0.2, 0.25) is 0 Å². The van der Waals surface area contributed by atoms with Crippen LogP contribution in [0.15, 0.2) is 48.5 Å². The third kappa shape index (κ3) is 3.22. The van der Waals surface area contributed by atoms with Crippen molar-refractivity contribution in [3.63, 3.8) is 0 Å². The van der Waals surface area contributed by atoms with Crippen molar-refractivity contribution in [3.05, 3.63) is 48.5 Å². The summed E-state index contributed by atoms with van der Waals surface area (Å²) in [5, 5.41) is 2.97. The van der Waals surface area contributed by atoms with Gasteiger partial charge in [-0.2, -0.15) is 0 Å². The molecule has 0 heterocycles. The molecule has 0 bridgehead atoms. The van der Waals surface area contributed by atoms with Crippen molar-refractivity contribution >= 4 is 11.6 Å². The third-order valence-electron chi connectivity index (χ3n) is 3.91. The van der Waals surface area contributed by atoms with Gasteiger partial charge in [0.05, 0.1) is 12.8 Å². The molecule has 1 amide bonds. The van der Waals surface area contributed by atoms with Gasteiger partial charge in [0, 0.05) is 5.92 Å². The van der Waals surface area contributed by atoms with Crippen molar-refractivity contribution in [1.29, 1.82) is 0 Å². The summed E-state index contributed by atoms with van der Waals surface area (Å²) in [6.07, 6.45) is 3.10. The molecule has 0 saturated heterocycles. The molecule has 3 rings (SSSR count). The van der Waals surface area contributed by atoms with Crippen LogP contribution < -0.4 is 14.8 Å². The van der Waals surface area contributed by atoms with Crippen molar-refractivity contribution in [3.8, 4) is 17.2 Å². The number of carbonyl (C=O) groups excluding carboxylic acids is 1. The Labute approximate surface area is 130 Å². The van der Waals surface area contributed by atoms with Crippen molar-refractivity contribution in [1.82, 2.24) is 0 Å². The number of methoxy groups -OCH3 is 1. The average molecular weight is 297 g/mol. The predicted octanol–water partition coefficient (Wildman–Crippen LogP) is 4.23. The summed E-state index contributed by atoms with van der Waals surface area (Å²) in [6, 6.07) is 14.8. The van der Waals surface area contributed by atoms with Crippen molar-refractivity contribution in [2.75, 3.05) is 12.4 Å². The van der Waals surface area contributed by atoms with Crippen molar-refractivity contribution < 1.29 is 14.3 Å². The van der Waals surface area contributed by atoms with Gasteiger partial charge in [-0.05, 0) is 49.2 Å². The van der Waals surface area contributed by atoms with Gasteiger partial charge < -0.3 is 14.8 Å². The quantitative estimate of drug-likeness (QED) is 0.898. The van der Waals surface area contributed by atoms with Crippen LogP contribution in [-0.4, -0.2) is 13.0 Å². The molecule has 22 heavy (non-hydrogen) atoms. The highest BCUT2D eigenvalue weighted by Gasteiger charge is 2.25. The average Bonchev–Trinajstić information content (AvgIpc) is 2.48. The van der Waals surface area contributed by atoms with Gasteiger partial charge in [0.15, 0.2) is 5.75 Å². The Kier molecular flexibility index (Phi) is 4.28. The number of ether oxygens (including phenoxy) is 2. The van der Waals surface area contributed by atoms with E-state index in [1.807, 2.05) is 48.5 Å². The maximum Gasteiger partial charge on any atom is 0.227 e. The smallest absolute Gasteiger partial charge is 0.227 e. The largest absolute Gasteiger partial charge is 0.497 e. The first-order valence-corrected chi connectivity index (χ1v) is 7.48. The zero-order chi connectivity index (χ0) is 15.4. The lowest BCUT2D eigenvalue weighted by Crippen LogP contribution is -2.28. The first-order valence-electron chi connectivity index (χ1n) is 7.48. The molecule has 2 aromatic carbocycles. The number of carbonyl (C=O) groups is 1. The lowest BCUT2D eigenvalue weighted by Gasteiger charge is -2.24. The molecule has 4 nitrogen and oxygen atoms in total. The molecule has 1 fully saturated rings. The fourth-order valence-electron chi connectivity index (χ4n) is 2.33. The number of amides is 1. The van der Waals surface area contributed by atoms with E-state index in [0.717, 1.165) is 25.0 Å². The molecule has 114 valence electrons. The van der Waals surface area contributed by atoms with E-state index < -0.39 is 0 Å². The Morgan fingerprint density at radius 1 is 1.05 bits per heavy atom. The Morgan fingerprint density at radius 2 is 1.73 bits per heavy atom. The number of benzene rings is 2. The van der Waals surface area contributed by atoms with Crippen LogP contribution in [-0.2, 0) is 4.79 Å². The molecule has 1 aliphatic rings. The highest BCUT2D eigenvalue weighted by molar-refractivity contribution is 5.94. The molecule has 0 aromatic heterocycles. The minimum atomic E-state index is 0.0806. The lowest BCUT2D eigenvalue weighted by molar-refractivity contribution is -0.122. The van der Waals surface area contributed by atoms with Gasteiger partial charge in [0.25, 0.3) is 0 Å². The topological polar surface area (TPSA) is 47.6 Å². The van der Waals surface area contributed by atoms with Crippen molar-refractivity contribution in [2.45, 2.75) is 19.3 Å². The molecule has 2 aromatic rings. The van der Waals surface area contributed by atoms with Gasteiger partial charge in [0.2, 0.25) is 5.91 Å². The molecule has 1 aliphatic carbocycles. The molecule has 0 atom stereocenters. The molecule has 1 N–H and O–H groups in total. The fourth-order valence-corrected chi connectivity index (χ4v) is 2.33. The summed E-state index contributed by atoms with van der Waals surface area (Å²) in [6.45, 7) is 0. The number of nitrogens with one attached hydrogen (secondary N) is 1. The molecular formula is C18H19NO3. The Balaban J connectivity index is 1.73. The van der Waals surface area contributed by atoms with Crippen LogP contribution in [0.25, 0.3) is 0 Å². The van der Waals surface area contributed by atoms with E-state index in [0.29, 0.717) is 17.2 Å². The number of rotatable bonds is 5. The van der Waals surface area contributed by atoms with Gasteiger partial charge in [-0.15, -0.1) is 0 Å². The summed E-state index contributed by atoms with van der Waals surface area (Å²) < 4.78 is 11.0. The summed E-state index contributed by atoms with van der Waals surface area (Å²) in [5.74, 6) is 2.34. The van der Waals surface area contributed by atoms with Crippen molar-refractivity contribution in [2.24, 2.45) is 5.92 Å². The van der Waals surface area contributed by atoms with Gasteiger partial charge in [-0.25, -0.2) is 0 Å². The lowest BCUT2D eigenvalue weighted by atomic mass is 9.85. The standard InChI is InChI=1S/C18H19NO3/c1-21-14-9-11-15(12-10-14)22-17-8-3-2-7-16(17)19-18(20)13-5-4-6-13/h2-3,7-13H,4-6H2,1H3,(H,19,20). The zero-order valence-corrected chi connectivity index (χ0v) is 12.5. The van der Waals surface area contributed by atoms with Crippen LogP contribution in [0, 0.1) is 5.92 Å². The molecule has 0 radical (unpaired) electrons. The molecule has 1 saturated carbocycles. The summed E-state index contributed by atoms with van der Waals surface area (Å²) in [4.78, 5) is 12.1. The maximum atomic E-state index is 12.1. The van der Waals surface area contributed by atoms with E-state index in [4.69, 9.17) is 9.47 Å². The SMILES string of the molecule is COc1ccc(Oc2ccccc2NC(=O)C2CCC2)cc1. The third-order valence-corrected chi connectivity index (χ3v) is 3.91. The highest BCUT2D eigenvalue weighted by atomic mass is 16.5. The van der Waals surface area contributed by atoms with Crippen LogP contribution >= 0.6 is 0 Å². The number of hydrogen-bond donors (Lipinski definition) is 1. The van der Waals surface area contributed by atoms with E-state index in [2.05, 4.69) is 5.32 Å². The van der Waals surface area contributed by atoms with Crippen LogP contribution in [0.5, 0.6) is 17.2 Å². The Morgan fingerprint density at radius 3 is 2.36 bits per heavy atom. The molecule has 0 aliphatic heterocycles.